The minimum Gasteiger partial charge on any atom is -0.507 e. The molecule has 0 atom stereocenters. The predicted molar refractivity (Wildman–Crippen MR) is 209 cm³/mol. The summed E-state index contributed by atoms with van der Waals surface area (Å²) in [5.74, 6) is 0.553. The Bertz CT molecular complexity index is 2380. The SMILES string of the molecule is CC(C)(C)c1ccc(O)c(-c2nc3c(-c4cc(-c5ccccc5)cc(-c5cc(C(C)(C)C)cc6cccnc56)c4)cc(C(C)(C)C)cc3o2)c1. The summed E-state index contributed by atoms with van der Waals surface area (Å²) in [5, 5.41) is 12.2. The highest BCUT2D eigenvalue weighted by Gasteiger charge is 2.24. The van der Waals surface area contributed by atoms with E-state index in [1.165, 1.54) is 5.56 Å². The van der Waals surface area contributed by atoms with Crippen LogP contribution in [0.5, 0.6) is 5.75 Å². The van der Waals surface area contributed by atoms with Crippen LogP contribution < -0.4 is 0 Å². The largest absolute Gasteiger partial charge is 0.507 e. The quantitative estimate of drug-likeness (QED) is 0.204. The lowest BCUT2D eigenvalue weighted by molar-refractivity contribution is 0.472. The van der Waals surface area contributed by atoms with Crippen LogP contribution in [0.3, 0.4) is 0 Å². The molecule has 0 aliphatic rings. The molecule has 4 nitrogen and oxygen atoms in total. The zero-order chi connectivity index (χ0) is 35.6. The molecule has 2 aromatic heterocycles. The fourth-order valence-corrected chi connectivity index (χ4v) is 6.55. The van der Waals surface area contributed by atoms with Gasteiger partial charge in [-0.3, -0.25) is 4.98 Å². The predicted octanol–water partition coefficient (Wildman–Crippen LogP) is 12.6. The maximum absolute atomic E-state index is 11.0. The summed E-state index contributed by atoms with van der Waals surface area (Å²) in [6.45, 7) is 19.9. The third-order valence-corrected chi connectivity index (χ3v) is 9.69. The van der Waals surface area contributed by atoms with Crippen LogP contribution in [0.25, 0.3) is 66.8 Å². The summed E-state index contributed by atoms with van der Waals surface area (Å²) in [6.07, 6.45) is 1.88. The summed E-state index contributed by atoms with van der Waals surface area (Å²) in [4.78, 5) is 10.0. The van der Waals surface area contributed by atoms with Crippen molar-refractivity contribution in [1.82, 2.24) is 9.97 Å². The number of hydrogen-bond donors (Lipinski definition) is 1. The van der Waals surface area contributed by atoms with E-state index in [0.717, 1.165) is 60.9 Å². The number of hydrogen-bond acceptors (Lipinski definition) is 4. The van der Waals surface area contributed by atoms with E-state index in [9.17, 15) is 5.11 Å². The number of rotatable bonds is 4. The van der Waals surface area contributed by atoms with Crippen LogP contribution in [0.2, 0.25) is 0 Å². The summed E-state index contributed by atoms with van der Waals surface area (Å²) < 4.78 is 6.56. The highest BCUT2D eigenvalue weighted by Crippen LogP contribution is 2.43. The van der Waals surface area contributed by atoms with Gasteiger partial charge < -0.3 is 9.52 Å². The zero-order valence-corrected chi connectivity index (χ0v) is 30.6. The van der Waals surface area contributed by atoms with Crippen LogP contribution in [-0.4, -0.2) is 15.1 Å². The van der Waals surface area contributed by atoms with E-state index < -0.39 is 0 Å². The number of phenolic OH excluding ortho intramolecular Hbond substituents is 1. The minimum atomic E-state index is -0.148. The Kier molecular flexibility index (Phi) is 7.98. The molecule has 0 radical (unpaired) electrons. The monoisotopic (exact) mass is 658 g/mol. The van der Waals surface area contributed by atoms with Crippen molar-refractivity contribution in [2.45, 2.75) is 78.6 Å². The second kappa shape index (κ2) is 12.0. The number of nitrogens with zero attached hydrogens (tertiary/aromatic N) is 2. The average molecular weight is 659 g/mol. The van der Waals surface area contributed by atoms with Crippen molar-refractivity contribution in [3.63, 3.8) is 0 Å². The number of benzene rings is 5. The summed E-state index contributed by atoms with van der Waals surface area (Å²) >= 11 is 0. The summed E-state index contributed by atoms with van der Waals surface area (Å²) in [6, 6.07) is 36.2. The van der Waals surface area contributed by atoms with Crippen molar-refractivity contribution in [2.75, 3.05) is 0 Å². The van der Waals surface area contributed by atoms with Gasteiger partial charge in [-0.05, 0) is 116 Å². The van der Waals surface area contributed by atoms with Gasteiger partial charge in [-0.2, -0.15) is 0 Å². The lowest BCUT2D eigenvalue weighted by Crippen LogP contribution is -2.11. The first-order valence-electron chi connectivity index (χ1n) is 17.5. The second-order valence-corrected chi connectivity index (χ2v) is 16.6. The molecule has 2 heterocycles. The van der Waals surface area contributed by atoms with Crippen LogP contribution in [0.15, 0.2) is 114 Å². The number of fused-ring (bicyclic) bond motifs is 2. The molecule has 0 spiro atoms. The fourth-order valence-electron chi connectivity index (χ4n) is 6.55. The van der Waals surface area contributed by atoms with E-state index in [0.29, 0.717) is 17.0 Å². The zero-order valence-electron chi connectivity index (χ0n) is 30.6. The van der Waals surface area contributed by atoms with Gasteiger partial charge in [-0.25, -0.2) is 4.98 Å². The Morgan fingerprint density at radius 1 is 0.500 bits per heavy atom. The summed E-state index contributed by atoms with van der Waals surface area (Å²) in [7, 11) is 0. The first-order valence-corrected chi connectivity index (χ1v) is 17.5. The normalized spacial score (nSPS) is 12.6. The molecular formula is C46H46N2O2. The molecule has 0 unspecified atom stereocenters. The third-order valence-electron chi connectivity index (χ3n) is 9.69. The van der Waals surface area contributed by atoms with Crippen molar-refractivity contribution in [3.05, 3.63) is 126 Å². The summed E-state index contributed by atoms with van der Waals surface area (Å²) in [5.41, 5.74) is 12.7. The van der Waals surface area contributed by atoms with Gasteiger partial charge in [-0.15, -0.1) is 0 Å². The molecule has 0 saturated heterocycles. The molecule has 7 aromatic rings. The highest BCUT2D eigenvalue weighted by molar-refractivity contribution is 5.99. The van der Waals surface area contributed by atoms with Crippen molar-refractivity contribution in [3.8, 4) is 50.6 Å². The number of oxazole rings is 1. The van der Waals surface area contributed by atoms with Crippen LogP contribution in [-0.2, 0) is 16.2 Å². The van der Waals surface area contributed by atoms with E-state index in [4.69, 9.17) is 14.4 Å². The molecule has 0 aliphatic carbocycles. The Hall–Kier alpha value is -5.22. The molecule has 4 heteroatoms. The molecular weight excluding hydrogens is 613 g/mol. The molecule has 0 fully saturated rings. The van der Waals surface area contributed by atoms with Crippen molar-refractivity contribution < 1.29 is 9.52 Å². The molecule has 1 N–H and O–H groups in total. The lowest BCUT2D eigenvalue weighted by Gasteiger charge is -2.22. The molecule has 0 amide bonds. The molecule has 0 bridgehead atoms. The first-order chi connectivity index (χ1) is 23.6. The van der Waals surface area contributed by atoms with Crippen molar-refractivity contribution in [1.29, 1.82) is 0 Å². The molecule has 50 heavy (non-hydrogen) atoms. The minimum absolute atomic E-state index is 0.0428. The number of aromatic nitrogens is 2. The van der Waals surface area contributed by atoms with Crippen LogP contribution in [0.4, 0.5) is 0 Å². The van der Waals surface area contributed by atoms with Crippen molar-refractivity contribution >= 4 is 22.0 Å². The maximum Gasteiger partial charge on any atom is 0.231 e. The Balaban J connectivity index is 1.53. The average Bonchev–Trinajstić information content (AvgIpc) is 3.50. The third kappa shape index (κ3) is 6.31. The fraction of sp³-hybridized carbons (Fsp3) is 0.261. The van der Waals surface area contributed by atoms with E-state index in [1.807, 2.05) is 24.4 Å². The Morgan fingerprint density at radius 3 is 1.72 bits per heavy atom. The molecule has 0 saturated carbocycles. The Morgan fingerprint density at radius 2 is 1.08 bits per heavy atom. The van der Waals surface area contributed by atoms with E-state index in [2.05, 4.69) is 141 Å². The van der Waals surface area contributed by atoms with Crippen LogP contribution in [0.1, 0.15) is 79.0 Å². The van der Waals surface area contributed by atoms with Gasteiger partial charge in [0.15, 0.2) is 5.58 Å². The first kappa shape index (κ1) is 33.3. The molecule has 252 valence electrons. The number of pyridine rings is 1. The van der Waals surface area contributed by atoms with E-state index in [-0.39, 0.29) is 22.0 Å². The molecule has 5 aromatic carbocycles. The second-order valence-electron chi connectivity index (χ2n) is 16.6. The number of phenols is 1. The molecule has 7 rings (SSSR count). The van der Waals surface area contributed by atoms with Crippen LogP contribution >= 0.6 is 0 Å². The van der Waals surface area contributed by atoms with E-state index in [1.54, 1.807) is 6.07 Å². The van der Waals surface area contributed by atoms with Gasteiger partial charge in [0.25, 0.3) is 0 Å². The van der Waals surface area contributed by atoms with Crippen molar-refractivity contribution in [2.24, 2.45) is 0 Å². The maximum atomic E-state index is 11.0. The van der Waals surface area contributed by atoms with Crippen LogP contribution in [0, 0.1) is 0 Å². The lowest BCUT2D eigenvalue weighted by atomic mass is 9.82. The van der Waals surface area contributed by atoms with Gasteiger partial charge in [-0.1, -0.05) is 105 Å². The van der Waals surface area contributed by atoms with Gasteiger partial charge in [0.2, 0.25) is 5.89 Å². The van der Waals surface area contributed by atoms with Gasteiger partial charge in [0.05, 0.1) is 11.1 Å². The smallest absolute Gasteiger partial charge is 0.231 e. The topological polar surface area (TPSA) is 59.2 Å². The van der Waals surface area contributed by atoms with E-state index >= 15 is 0 Å². The van der Waals surface area contributed by atoms with Gasteiger partial charge in [0, 0.05) is 22.7 Å². The standard InChI is InChI=1S/C46H46N2O2/c1-44(2,3)33-17-18-39(49)38(24-33)43-48-42-37(26-35(46(7,8)9)27-40(42)50-43)32-21-30(28-14-11-10-12-15-28)20-31(22-32)36-25-34(45(4,5)6)23-29-16-13-19-47-41(29)36/h10-27,49H,1-9H3. The highest BCUT2D eigenvalue weighted by atomic mass is 16.3. The Labute approximate surface area is 295 Å². The molecule has 0 aliphatic heterocycles. The van der Waals surface area contributed by atoms with Gasteiger partial charge >= 0.3 is 0 Å². The number of aromatic hydroxyl groups is 1. The van der Waals surface area contributed by atoms with Gasteiger partial charge in [0.1, 0.15) is 11.3 Å².